The van der Waals surface area contributed by atoms with E-state index in [2.05, 4.69) is 39.8 Å². The van der Waals surface area contributed by atoms with Gasteiger partial charge < -0.3 is 16.9 Å². The molecule has 0 spiro atoms. The minimum Gasteiger partial charge on any atom is -0.395 e. The van der Waals surface area contributed by atoms with Crippen molar-refractivity contribution < 1.29 is 0 Å². The number of rotatable bonds is 5. The topological polar surface area (TPSA) is 121 Å². The number of pyridine rings is 1. The van der Waals surface area contributed by atoms with Gasteiger partial charge in [0.15, 0.2) is 5.82 Å². The zero-order valence-electron chi connectivity index (χ0n) is 13.8. The molecule has 7 N–H and O–H groups in total. The summed E-state index contributed by atoms with van der Waals surface area (Å²) in [6.07, 6.45) is 7.03. The Morgan fingerprint density at radius 3 is 2.80 bits per heavy atom. The Kier molecular flexibility index (Phi) is 3.77. The summed E-state index contributed by atoms with van der Waals surface area (Å²) in [5.41, 5.74) is 19.3. The predicted molar refractivity (Wildman–Crippen MR) is 99.2 cm³/mol. The molecular formula is C18H21N7. The van der Waals surface area contributed by atoms with E-state index in [1.54, 1.807) is 6.07 Å². The van der Waals surface area contributed by atoms with Crippen LogP contribution < -0.4 is 22.7 Å². The summed E-state index contributed by atoms with van der Waals surface area (Å²) in [5.74, 6) is 6.93. The van der Waals surface area contributed by atoms with E-state index in [1.807, 2.05) is 17.1 Å². The second-order valence-corrected chi connectivity index (χ2v) is 6.45. The molecule has 2 aromatic heterocycles. The van der Waals surface area contributed by atoms with Crippen LogP contribution in [0, 0.1) is 0 Å². The summed E-state index contributed by atoms with van der Waals surface area (Å²) in [4.78, 5) is 4.07. The van der Waals surface area contributed by atoms with Crippen molar-refractivity contribution in [2.45, 2.75) is 25.2 Å². The van der Waals surface area contributed by atoms with Gasteiger partial charge in [-0.1, -0.05) is 12.1 Å². The lowest BCUT2D eigenvalue weighted by Gasteiger charge is -2.10. The van der Waals surface area contributed by atoms with Crippen molar-refractivity contribution in [2.75, 3.05) is 16.9 Å². The highest BCUT2D eigenvalue weighted by atomic mass is 15.3. The maximum Gasteiger partial charge on any atom is 0.165 e. The zero-order chi connectivity index (χ0) is 17.4. The molecule has 1 aliphatic rings. The van der Waals surface area contributed by atoms with Gasteiger partial charge in [0.05, 0.1) is 17.6 Å². The van der Waals surface area contributed by atoms with Gasteiger partial charge in [0.1, 0.15) is 5.82 Å². The molecule has 0 saturated heterocycles. The van der Waals surface area contributed by atoms with Crippen LogP contribution in [-0.2, 0) is 6.42 Å². The molecule has 2 heterocycles. The van der Waals surface area contributed by atoms with Crippen LogP contribution in [0.5, 0.6) is 0 Å². The Bertz CT molecular complexity index is 912. The Morgan fingerprint density at radius 1 is 1.20 bits per heavy atom. The SMILES string of the molecule is NNc1nc(N)cc(Cc2cnn(-c3cccc(C4CC4)c3)c2)c1N. The molecular weight excluding hydrogens is 314 g/mol. The van der Waals surface area contributed by atoms with Gasteiger partial charge in [-0.05, 0) is 53.6 Å². The summed E-state index contributed by atoms with van der Waals surface area (Å²) in [5, 5.41) is 4.49. The molecule has 25 heavy (non-hydrogen) atoms. The lowest BCUT2D eigenvalue weighted by Crippen LogP contribution is -2.13. The molecule has 0 amide bonds. The number of anilines is 3. The summed E-state index contributed by atoms with van der Waals surface area (Å²) in [6, 6.07) is 10.3. The number of hydrogen-bond acceptors (Lipinski definition) is 6. The van der Waals surface area contributed by atoms with Crippen LogP contribution in [0.4, 0.5) is 17.3 Å². The van der Waals surface area contributed by atoms with E-state index in [0.717, 1.165) is 22.7 Å². The van der Waals surface area contributed by atoms with Gasteiger partial charge in [-0.15, -0.1) is 0 Å². The first-order valence-corrected chi connectivity index (χ1v) is 8.29. The number of nitrogens with one attached hydrogen (secondary N) is 1. The fourth-order valence-corrected chi connectivity index (χ4v) is 3.04. The van der Waals surface area contributed by atoms with Gasteiger partial charge in [0, 0.05) is 12.6 Å². The van der Waals surface area contributed by atoms with Crippen molar-refractivity contribution in [1.29, 1.82) is 0 Å². The van der Waals surface area contributed by atoms with Crippen LogP contribution in [0.25, 0.3) is 5.69 Å². The number of nitrogen functional groups attached to an aromatic ring is 3. The Balaban J connectivity index is 1.60. The molecule has 1 aromatic carbocycles. The monoisotopic (exact) mass is 335 g/mol. The van der Waals surface area contributed by atoms with Crippen LogP contribution in [0.15, 0.2) is 42.7 Å². The molecule has 7 heteroatoms. The molecule has 128 valence electrons. The third-order valence-electron chi connectivity index (χ3n) is 4.51. The van der Waals surface area contributed by atoms with E-state index in [1.165, 1.54) is 18.4 Å². The first-order chi connectivity index (χ1) is 12.1. The number of nitrogens with two attached hydrogens (primary N) is 3. The molecule has 0 unspecified atom stereocenters. The first-order valence-electron chi connectivity index (χ1n) is 8.29. The van der Waals surface area contributed by atoms with E-state index in [9.17, 15) is 0 Å². The van der Waals surface area contributed by atoms with Crippen molar-refractivity contribution in [3.63, 3.8) is 0 Å². The van der Waals surface area contributed by atoms with Crippen LogP contribution in [0.1, 0.15) is 35.4 Å². The molecule has 0 aliphatic heterocycles. The predicted octanol–water partition coefficient (Wildman–Crippen LogP) is 2.19. The van der Waals surface area contributed by atoms with Gasteiger partial charge in [-0.2, -0.15) is 5.10 Å². The van der Waals surface area contributed by atoms with E-state index in [0.29, 0.717) is 23.7 Å². The fraction of sp³-hybridized carbons (Fsp3) is 0.222. The minimum absolute atomic E-state index is 0.377. The first kappa shape index (κ1) is 15.5. The zero-order valence-corrected chi connectivity index (χ0v) is 13.8. The van der Waals surface area contributed by atoms with Gasteiger partial charge in [-0.3, -0.25) is 0 Å². The average Bonchev–Trinajstić information content (AvgIpc) is 3.37. The molecule has 7 nitrogen and oxygen atoms in total. The Labute approximate surface area is 145 Å². The van der Waals surface area contributed by atoms with E-state index in [4.69, 9.17) is 17.3 Å². The summed E-state index contributed by atoms with van der Waals surface area (Å²) in [6.45, 7) is 0. The van der Waals surface area contributed by atoms with E-state index in [-0.39, 0.29) is 0 Å². The Hall–Kier alpha value is -3.06. The third-order valence-corrected chi connectivity index (χ3v) is 4.51. The summed E-state index contributed by atoms with van der Waals surface area (Å²) >= 11 is 0. The molecule has 4 rings (SSSR count). The molecule has 0 atom stereocenters. The molecule has 0 bridgehead atoms. The maximum atomic E-state index is 6.10. The second kappa shape index (κ2) is 6.10. The number of hydrazine groups is 1. The normalized spacial score (nSPS) is 13.8. The summed E-state index contributed by atoms with van der Waals surface area (Å²) in [7, 11) is 0. The van der Waals surface area contributed by atoms with Crippen LogP contribution in [-0.4, -0.2) is 14.8 Å². The molecule has 1 fully saturated rings. The van der Waals surface area contributed by atoms with Crippen LogP contribution in [0.3, 0.4) is 0 Å². The Morgan fingerprint density at radius 2 is 2.04 bits per heavy atom. The highest BCUT2D eigenvalue weighted by molar-refractivity contribution is 5.68. The van der Waals surface area contributed by atoms with Crippen molar-refractivity contribution in [3.8, 4) is 5.69 Å². The number of benzene rings is 1. The van der Waals surface area contributed by atoms with E-state index < -0.39 is 0 Å². The lowest BCUT2D eigenvalue weighted by molar-refractivity contribution is 0.876. The highest BCUT2D eigenvalue weighted by Gasteiger charge is 2.23. The number of nitrogens with zero attached hydrogens (tertiary/aromatic N) is 3. The van der Waals surface area contributed by atoms with Crippen molar-refractivity contribution in [1.82, 2.24) is 14.8 Å². The van der Waals surface area contributed by atoms with Gasteiger partial charge in [0.2, 0.25) is 0 Å². The standard InChI is InChI=1S/C18H21N7/c19-16-8-14(17(20)18(23-16)24-21)6-11-9-22-25(10-11)15-3-1-2-13(7-15)12-4-5-12/h1-3,7-10,12H,4-6,20-21H2,(H3,19,23,24). The smallest absolute Gasteiger partial charge is 0.165 e. The van der Waals surface area contributed by atoms with E-state index >= 15 is 0 Å². The molecule has 0 radical (unpaired) electrons. The van der Waals surface area contributed by atoms with Crippen molar-refractivity contribution in [2.24, 2.45) is 5.84 Å². The van der Waals surface area contributed by atoms with Crippen LogP contribution in [0.2, 0.25) is 0 Å². The summed E-state index contributed by atoms with van der Waals surface area (Å²) < 4.78 is 1.89. The van der Waals surface area contributed by atoms with Crippen molar-refractivity contribution in [3.05, 3.63) is 59.4 Å². The second-order valence-electron chi connectivity index (χ2n) is 6.45. The lowest BCUT2D eigenvalue weighted by atomic mass is 10.1. The highest BCUT2D eigenvalue weighted by Crippen LogP contribution is 2.40. The van der Waals surface area contributed by atoms with Gasteiger partial charge in [0.25, 0.3) is 0 Å². The fourth-order valence-electron chi connectivity index (χ4n) is 3.04. The maximum absolute atomic E-state index is 6.10. The number of hydrogen-bond donors (Lipinski definition) is 4. The van der Waals surface area contributed by atoms with Crippen molar-refractivity contribution >= 4 is 17.3 Å². The van der Waals surface area contributed by atoms with Gasteiger partial charge >= 0.3 is 0 Å². The molecule has 3 aromatic rings. The largest absolute Gasteiger partial charge is 0.395 e. The van der Waals surface area contributed by atoms with Crippen LogP contribution >= 0.6 is 0 Å². The van der Waals surface area contributed by atoms with Gasteiger partial charge in [-0.25, -0.2) is 15.5 Å². The molecule has 1 saturated carbocycles. The quantitative estimate of drug-likeness (QED) is 0.419. The average molecular weight is 335 g/mol. The number of aromatic nitrogens is 3. The third kappa shape index (κ3) is 3.14. The minimum atomic E-state index is 0.377. The molecule has 1 aliphatic carbocycles.